The first-order valence-electron chi connectivity index (χ1n) is 19.3. The molecule has 4 nitrogen and oxygen atoms in total. The summed E-state index contributed by atoms with van der Waals surface area (Å²) in [4.78, 5) is 10.7. The van der Waals surface area contributed by atoms with Gasteiger partial charge in [0.2, 0.25) is 0 Å². The molecule has 0 saturated carbocycles. The van der Waals surface area contributed by atoms with E-state index in [-0.39, 0.29) is 0 Å². The van der Waals surface area contributed by atoms with Crippen LogP contribution in [-0.4, -0.2) is 11.7 Å². The standard InChI is InChI=1S/C53H35N3O/c1-2-10-34(11-3-1)37-20-26-39(27-21-37)45-16-8-17-46-49-47(18-9-19-48(49)57-50(45)46)53-55-51(54-52(56-53)44-31-25-36-13-5-7-15-42(36)33-44)40-28-22-38(23-29-40)43-30-24-35-12-4-6-14-41(35)32-43/h1-33,53H,(H,54,55,56). The SMILES string of the molecule is c1ccc(-c2ccc(-c3cccc4c3oc3cccc(C5N=C(c6ccc(-c7ccc8ccccc8c7)cc6)NC(c6ccc7ccccc7c6)=N5)c34)cc2)cc1. The van der Waals surface area contributed by atoms with Gasteiger partial charge in [0.25, 0.3) is 0 Å². The molecule has 268 valence electrons. The molecule has 1 aliphatic rings. The van der Waals surface area contributed by atoms with E-state index < -0.39 is 6.17 Å². The Morgan fingerprint density at radius 1 is 0.386 bits per heavy atom. The molecule has 0 aliphatic carbocycles. The summed E-state index contributed by atoms with van der Waals surface area (Å²) in [5.41, 5.74) is 11.5. The summed E-state index contributed by atoms with van der Waals surface area (Å²) < 4.78 is 6.72. The third-order valence-electron chi connectivity index (χ3n) is 11.1. The molecule has 1 atom stereocenters. The summed E-state index contributed by atoms with van der Waals surface area (Å²) in [6.45, 7) is 0. The van der Waals surface area contributed by atoms with Crippen molar-refractivity contribution in [2.24, 2.45) is 9.98 Å². The Kier molecular flexibility index (Phi) is 7.85. The van der Waals surface area contributed by atoms with Gasteiger partial charge in [-0.2, -0.15) is 0 Å². The number of benzene rings is 9. The van der Waals surface area contributed by atoms with Crippen molar-refractivity contribution in [3.05, 3.63) is 217 Å². The van der Waals surface area contributed by atoms with Crippen LogP contribution >= 0.6 is 0 Å². The molecule has 57 heavy (non-hydrogen) atoms. The summed E-state index contributed by atoms with van der Waals surface area (Å²) >= 11 is 0. The van der Waals surface area contributed by atoms with Crippen LogP contribution in [0.1, 0.15) is 22.9 Å². The Balaban J connectivity index is 1.02. The summed E-state index contributed by atoms with van der Waals surface area (Å²) in [6, 6.07) is 70.5. The van der Waals surface area contributed by atoms with Gasteiger partial charge in [-0.05, 0) is 67.6 Å². The van der Waals surface area contributed by atoms with Crippen LogP contribution in [0.4, 0.5) is 0 Å². The highest BCUT2D eigenvalue weighted by Gasteiger charge is 2.25. The maximum Gasteiger partial charge on any atom is 0.170 e. The number of hydrogen-bond acceptors (Lipinski definition) is 4. The number of hydrogen-bond donors (Lipinski definition) is 1. The van der Waals surface area contributed by atoms with Gasteiger partial charge >= 0.3 is 0 Å². The number of amidine groups is 2. The zero-order chi connectivity index (χ0) is 37.7. The van der Waals surface area contributed by atoms with Gasteiger partial charge in [-0.25, -0.2) is 9.98 Å². The quantitative estimate of drug-likeness (QED) is 0.185. The first-order chi connectivity index (χ1) is 28.2. The first-order valence-corrected chi connectivity index (χ1v) is 19.3. The van der Waals surface area contributed by atoms with Crippen molar-refractivity contribution in [3.63, 3.8) is 0 Å². The van der Waals surface area contributed by atoms with Gasteiger partial charge in [-0.1, -0.05) is 182 Å². The van der Waals surface area contributed by atoms with E-state index in [1.165, 1.54) is 32.8 Å². The lowest BCUT2D eigenvalue weighted by molar-refractivity contribution is 0.668. The molecule has 0 fully saturated rings. The predicted octanol–water partition coefficient (Wildman–Crippen LogP) is 13.4. The van der Waals surface area contributed by atoms with Crippen molar-refractivity contribution in [2.45, 2.75) is 6.17 Å². The first kappa shape index (κ1) is 32.8. The van der Waals surface area contributed by atoms with Crippen LogP contribution in [0.3, 0.4) is 0 Å². The number of nitrogens with zero attached hydrogens (tertiary/aromatic N) is 2. The molecule has 11 rings (SSSR count). The molecule has 0 saturated heterocycles. The van der Waals surface area contributed by atoms with E-state index in [0.717, 1.165) is 72.4 Å². The molecular formula is C53H35N3O. The lowest BCUT2D eigenvalue weighted by atomic mass is 9.97. The van der Waals surface area contributed by atoms with Crippen molar-refractivity contribution in [1.82, 2.24) is 5.32 Å². The average molecular weight is 730 g/mol. The van der Waals surface area contributed by atoms with E-state index in [1.807, 2.05) is 12.1 Å². The molecule has 0 amide bonds. The van der Waals surface area contributed by atoms with E-state index in [4.69, 9.17) is 14.4 Å². The predicted molar refractivity (Wildman–Crippen MR) is 237 cm³/mol. The number of aliphatic imine (C=N–C) groups is 2. The molecule has 4 heteroatoms. The fourth-order valence-corrected chi connectivity index (χ4v) is 8.20. The summed E-state index contributed by atoms with van der Waals surface area (Å²) in [5.74, 6) is 1.55. The second-order valence-corrected chi connectivity index (χ2v) is 14.6. The number of rotatable bonds is 6. The molecule has 1 N–H and O–H groups in total. The molecule has 1 unspecified atom stereocenters. The highest BCUT2D eigenvalue weighted by molar-refractivity contribution is 6.17. The minimum atomic E-state index is -0.513. The Labute approximate surface area is 330 Å². The van der Waals surface area contributed by atoms with Gasteiger partial charge in [-0.3, -0.25) is 0 Å². The highest BCUT2D eigenvalue weighted by atomic mass is 16.3. The molecule has 2 heterocycles. The molecule has 0 spiro atoms. The Morgan fingerprint density at radius 2 is 0.912 bits per heavy atom. The van der Waals surface area contributed by atoms with E-state index in [1.54, 1.807) is 0 Å². The van der Waals surface area contributed by atoms with Crippen molar-refractivity contribution >= 4 is 55.2 Å². The van der Waals surface area contributed by atoms with Crippen molar-refractivity contribution in [2.75, 3.05) is 0 Å². The number of fused-ring (bicyclic) bond motifs is 5. The van der Waals surface area contributed by atoms with Crippen LogP contribution in [0.25, 0.3) is 76.9 Å². The van der Waals surface area contributed by atoms with Gasteiger partial charge in [0, 0.05) is 33.0 Å². The zero-order valence-electron chi connectivity index (χ0n) is 30.9. The van der Waals surface area contributed by atoms with E-state index in [2.05, 4.69) is 193 Å². The third-order valence-corrected chi connectivity index (χ3v) is 11.1. The fourth-order valence-electron chi connectivity index (χ4n) is 8.20. The van der Waals surface area contributed by atoms with Crippen molar-refractivity contribution < 1.29 is 4.42 Å². The Bertz CT molecular complexity index is 3190. The van der Waals surface area contributed by atoms with Crippen LogP contribution in [0.5, 0.6) is 0 Å². The Hall–Kier alpha value is -7.56. The zero-order valence-corrected chi connectivity index (χ0v) is 30.9. The van der Waals surface area contributed by atoms with Gasteiger partial charge in [0.15, 0.2) is 6.17 Å². The van der Waals surface area contributed by atoms with Crippen LogP contribution in [0.2, 0.25) is 0 Å². The lowest BCUT2D eigenvalue weighted by Gasteiger charge is -2.23. The second-order valence-electron chi connectivity index (χ2n) is 14.6. The van der Waals surface area contributed by atoms with Crippen LogP contribution in [0.15, 0.2) is 215 Å². The van der Waals surface area contributed by atoms with Crippen LogP contribution < -0.4 is 5.32 Å². The molecule has 0 bridgehead atoms. The second kappa shape index (κ2) is 13.6. The fraction of sp³-hybridized carbons (Fsp3) is 0.0189. The summed E-state index contributed by atoms with van der Waals surface area (Å²) in [5, 5.41) is 10.5. The number of para-hydroxylation sites is 1. The van der Waals surface area contributed by atoms with E-state index in [0.29, 0.717) is 0 Å². The molecule has 1 aromatic heterocycles. The van der Waals surface area contributed by atoms with Crippen molar-refractivity contribution in [3.8, 4) is 33.4 Å². The van der Waals surface area contributed by atoms with Crippen LogP contribution in [0, 0.1) is 0 Å². The Morgan fingerprint density at radius 3 is 1.63 bits per heavy atom. The molecule has 9 aromatic carbocycles. The normalized spacial score (nSPS) is 14.1. The molecular weight excluding hydrogens is 695 g/mol. The maximum absolute atomic E-state index is 6.72. The molecule has 0 radical (unpaired) electrons. The summed E-state index contributed by atoms with van der Waals surface area (Å²) in [6.07, 6.45) is -0.513. The maximum atomic E-state index is 6.72. The minimum Gasteiger partial charge on any atom is -0.455 e. The van der Waals surface area contributed by atoms with Crippen LogP contribution in [-0.2, 0) is 0 Å². The van der Waals surface area contributed by atoms with Gasteiger partial charge in [-0.15, -0.1) is 0 Å². The topological polar surface area (TPSA) is 49.9 Å². The number of nitrogens with one attached hydrogen (secondary N) is 1. The summed E-state index contributed by atoms with van der Waals surface area (Å²) in [7, 11) is 0. The minimum absolute atomic E-state index is 0.513. The highest BCUT2D eigenvalue weighted by Crippen LogP contribution is 2.41. The largest absolute Gasteiger partial charge is 0.455 e. The number of furan rings is 1. The van der Waals surface area contributed by atoms with Gasteiger partial charge < -0.3 is 9.73 Å². The van der Waals surface area contributed by atoms with E-state index >= 15 is 0 Å². The monoisotopic (exact) mass is 729 g/mol. The lowest BCUT2D eigenvalue weighted by Crippen LogP contribution is -2.36. The van der Waals surface area contributed by atoms with Crippen molar-refractivity contribution in [1.29, 1.82) is 0 Å². The van der Waals surface area contributed by atoms with Gasteiger partial charge in [0.1, 0.15) is 22.8 Å². The molecule has 10 aromatic rings. The van der Waals surface area contributed by atoms with E-state index in [9.17, 15) is 0 Å². The smallest absolute Gasteiger partial charge is 0.170 e. The molecule has 1 aliphatic heterocycles. The van der Waals surface area contributed by atoms with Gasteiger partial charge in [0.05, 0.1) is 0 Å². The third kappa shape index (κ3) is 5.96. The average Bonchev–Trinajstić information content (AvgIpc) is 3.68.